The molecule has 3 heterocycles. The molecule has 0 amide bonds. The minimum atomic E-state index is 0.123. The third-order valence-corrected chi connectivity index (χ3v) is 20.8. The van der Waals surface area contributed by atoms with Gasteiger partial charge in [0.1, 0.15) is 0 Å². The molecule has 4 bridgehead atoms. The predicted octanol–water partition coefficient (Wildman–Crippen LogP) is 20.9. The molecule has 15 aromatic rings. The zero-order valence-electron chi connectivity index (χ0n) is 46.0. The number of rotatable bonds is 6. The molecule has 12 aromatic carbocycles. The molecule has 20 rings (SSSR count). The van der Waals surface area contributed by atoms with Crippen LogP contribution in [-0.2, 0) is 5.41 Å². The molecule has 0 radical (unpaired) electrons. The van der Waals surface area contributed by atoms with Crippen molar-refractivity contribution in [3.05, 3.63) is 272 Å². The van der Waals surface area contributed by atoms with Crippen LogP contribution in [0.5, 0.6) is 0 Å². The second-order valence-electron chi connectivity index (χ2n) is 24.8. The van der Waals surface area contributed by atoms with Gasteiger partial charge in [-0.15, -0.1) is 0 Å². The zero-order chi connectivity index (χ0) is 54.1. The number of nitrogens with zero attached hydrogens (tertiary/aromatic N) is 3. The maximum absolute atomic E-state index is 2.65. The highest BCUT2D eigenvalue weighted by Crippen LogP contribution is 2.69. The van der Waals surface area contributed by atoms with Crippen LogP contribution >= 0.6 is 0 Å². The highest BCUT2D eigenvalue weighted by Gasteiger charge is 2.61. The van der Waals surface area contributed by atoms with Gasteiger partial charge in [-0.25, -0.2) is 0 Å². The third-order valence-electron chi connectivity index (χ3n) is 20.8. The minimum Gasteiger partial charge on any atom is -0.309 e. The van der Waals surface area contributed by atoms with Crippen LogP contribution < -0.4 is 0 Å². The standard InChI is InChI=1S/C80H57N3/c1-3-15-51(16-4-1)60-35-38-75(64-21-8-7-19-61(60)64)83-74-26-14-11-23-66(74)68-34-29-55(47-79(68)83)54-28-33-67-65-22-10-13-25-73(65)82(78(67)46-54)59-31-37-77-70(48-59)69-44-52(30-36-76(69)81(77)58-17-5-2-6-18-58)53-27-32-63-62-20-9-12-24-71(62)80(72(63)45-53)56-40-49-39-50(42-56)43-57(80)41-49/h1-38,44-50,56-57H,39-43H2. The van der Waals surface area contributed by atoms with E-state index in [1.54, 1.807) is 11.1 Å². The summed E-state index contributed by atoms with van der Waals surface area (Å²) in [6, 6.07) is 98.9. The molecule has 4 fully saturated rings. The normalized spacial score (nSPS) is 19.6. The van der Waals surface area contributed by atoms with Crippen molar-refractivity contribution in [2.75, 3.05) is 0 Å². The second kappa shape index (κ2) is 17.2. The Bertz CT molecular complexity index is 5190. The molecule has 3 aromatic heterocycles. The summed E-state index contributed by atoms with van der Waals surface area (Å²) in [6.07, 6.45) is 7.00. The number of hydrogen-bond acceptors (Lipinski definition) is 0. The van der Waals surface area contributed by atoms with Crippen LogP contribution in [0.3, 0.4) is 0 Å². The van der Waals surface area contributed by atoms with Crippen molar-refractivity contribution >= 4 is 76.2 Å². The minimum absolute atomic E-state index is 0.123. The molecule has 5 aliphatic carbocycles. The lowest BCUT2D eigenvalue weighted by atomic mass is 9.43. The molecule has 5 aliphatic rings. The Balaban J connectivity index is 0.780. The Kier molecular flexibility index (Phi) is 9.51. The van der Waals surface area contributed by atoms with E-state index in [-0.39, 0.29) is 5.41 Å². The molecule has 4 saturated carbocycles. The van der Waals surface area contributed by atoms with Gasteiger partial charge in [0.05, 0.1) is 38.8 Å². The molecule has 0 atom stereocenters. The molecule has 0 aliphatic heterocycles. The van der Waals surface area contributed by atoms with Crippen molar-refractivity contribution in [1.82, 2.24) is 13.7 Å². The molecule has 0 N–H and O–H groups in total. The zero-order valence-corrected chi connectivity index (χ0v) is 46.0. The van der Waals surface area contributed by atoms with Crippen molar-refractivity contribution in [1.29, 1.82) is 0 Å². The van der Waals surface area contributed by atoms with E-state index in [1.807, 2.05) is 0 Å². The predicted molar refractivity (Wildman–Crippen MR) is 347 cm³/mol. The van der Waals surface area contributed by atoms with E-state index in [4.69, 9.17) is 0 Å². The average molecular weight is 1060 g/mol. The van der Waals surface area contributed by atoms with Gasteiger partial charge in [0.15, 0.2) is 0 Å². The highest BCUT2D eigenvalue weighted by atomic mass is 15.0. The summed E-state index contributed by atoms with van der Waals surface area (Å²) < 4.78 is 7.49. The average Bonchev–Trinajstić information content (AvgIpc) is 1.72. The molecule has 83 heavy (non-hydrogen) atoms. The smallest absolute Gasteiger partial charge is 0.0547 e. The maximum Gasteiger partial charge on any atom is 0.0547 e. The summed E-state index contributed by atoms with van der Waals surface area (Å²) in [6.45, 7) is 0. The second-order valence-corrected chi connectivity index (χ2v) is 24.8. The van der Waals surface area contributed by atoms with Gasteiger partial charge in [-0.1, -0.05) is 182 Å². The summed E-state index contributed by atoms with van der Waals surface area (Å²) in [5, 5.41) is 9.98. The fraction of sp³-hybridized carbons (Fsp3) is 0.125. The van der Waals surface area contributed by atoms with Crippen LogP contribution in [0.4, 0.5) is 0 Å². The van der Waals surface area contributed by atoms with Gasteiger partial charge in [0.2, 0.25) is 0 Å². The van der Waals surface area contributed by atoms with Crippen LogP contribution in [0.1, 0.15) is 43.2 Å². The van der Waals surface area contributed by atoms with E-state index >= 15 is 0 Å². The highest BCUT2D eigenvalue weighted by molar-refractivity contribution is 6.15. The maximum atomic E-state index is 2.65. The van der Waals surface area contributed by atoms with Crippen molar-refractivity contribution in [3.8, 4) is 61.6 Å². The van der Waals surface area contributed by atoms with Gasteiger partial charge in [0.25, 0.3) is 0 Å². The van der Waals surface area contributed by atoms with Crippen LogP contribution in [0.15, 0.2) is 261 Å². The van der Waals surface area contributed by atoms with Gasteiger partial charge < -0.3 is 13.7 Å². The quantitative estimate of drug-likeness (QED) is 0.158. The number of fused-ring (bicyclic) bond motifs is 13. The molecule has 0 unspecified atom stereocenters. The molecule has 3 heteroatoms. The topological polar surface area (TPSA) is 14.8 Å². The summed E-state index contributed by atoms with van der Waals surface area (Å²) in [7, 11) is 0. The van der Waals surface area contributed by atoms with E-state index in [0.717, 1.165) is 29.4 Å². The molecule has 3 nitrogen and oxygen atoms in total. The van der Waals surface area contributed by atoms with E-state index in [9.17, 15) is 0 Å². The first kappa shape index (κ1) is 46.0. The van der Waals surface area contributed by atoms with Crippen molar-refractivity contribution in [2.45, 2.75) is 37.5 Å². The Labute approximate surface area is 481 Å². The van der Waals surface area contributed by atoms with Gasteiger partial charge in [-0.2, -0.15) is 0 Å². The Hall–Kier alpha value is -9.70. The molecular formula is C80H57N3. The largest absolute Gasteiger partial charge is 0.309 e. The first-order valence-electron chi connectivity index (χ1n) is 30.2. The fourth-order valence-electron chi connectivity index (χ4n) is 17.7. The van der Waals surface area contributed by atoms with Crippen LogP contribution in [0.25, 0.3) is 138 Å². The van der Waals surface area contributed by atoms with Crippen LogP contribution in [-0.4, -0.2) is 13.7 Å². The van der Waals surface area contributed by atoms with Gasteiger partial charge in [-0.3, -0.25) is 0 Å². The Morgan fingerprint density at radius 2 is 0.735 bits per heavy atom. The lowest BCUT2D eigenvalue weighted by Crippen LogP contribution is -2.55. The van der Waals surface area contributed by atoms with Crippen LogP contribution in [0, 0.1) is 23.7 Å². The number of benzene rings is 12. The lowest BCUT2D eigenvalue weighted by Gasteiger charge is -2.61. The lowest BCUT2D eigenvalue weighted by molar-refractivity contribution is -0.0399. The molecular weight excluding hydrogens is 1000 g/mol. The fourth-order valence-corrected chi connectivity index (χ4v) is 17.7. The van der Waals surface area contributed by atoms with Gasteiger partial charge in [-0.05, 0) is 196 Å². The number of aromatic nitrogens is 3. The number of hydrogen-bond donors (Lipinski definition) is 0. The Morgan fingerprint density at radius 1 is 0.253 bits per heavy atom. The molecule has 392 valence electrons. The van der Waals surface area contributed by atoms with Gasteiger partial charge in [0, 0.05) is 54.5 Å². The molecule has 1 spiro atoms. The van der Waals surface area contributed by atoms with Gasteiger partial charge >= 0.3 is 0 Å². The number of para-hydroxylation sites is 3. The molecule has 0 saturated heterocycles. The first-order valence-corrected chi connectivity index (χ1v) is 30.2. The van der Waals surface area contributed by atoms with E-state index in [0.29, 0.717) is 0 Å². The summed E-state index contributed by atoms with van der Waals surface area (Å²) >= 11 is 0. The van der Waals surface area contributed by atoms with E-state index < -0.39 is 0 Å². The third kappa shape index (κ3) is 6.40. The van der Waals surface area contributed by atoms with E-state index in [2.05, 4.69) is 275 Å². The van der Waals surface area contributed by atoms with Crippen molar-refractivity contribution in [2.24, 2.45) is 23.7 Å². The first-order chi connectivity index (χ1) is 41.1. The van der Waals surface area contributed by atoms with Crippen LogP contribution in [0.2, 0.25) is 0 Å². The van der Waals surface area contributed by atoms with Crippen molar-refractivity contribution in [3.63, 3.8) is 0 Å². The summed E-state index contributed by atoms with van der Waals surface area (Å²) in [4.78, 5) is 0. The summed E-state index contributed by atoms with van der Waals surface area (Å²) in [5.74, 6) is 3.28. The Morgan fingerprint density at radius 3 is 1.46 bits per heavy atom. The summed E-state index contributed by atoms with van der Waals surface area (Å²) in [5.41, 5.74) is 24.4. The van der Waals surface area contributed by atoms with Crippen molar-refractivity contribution < 1.29 is 0 Å². The van der Waals surface area contributed by atoms with E-state index in [1.165, 1.54) is 164 Å². The SMILES string of the molecule is c1ccc(-c2ccc(-n3c4ccccc4c4ccc(-c5ccc6c7ccccc7n(-c7ccc8c(c7)c7cc(-c9ccc%10c(c9)C9(c%11ccccc%11-%10)C%10CC%11CC(C%10)CC9C%11)ccc7n8-c7ccccc7)c6c5)cc43)c3ccccc23)cc1. The monoisotopic (exact) mass is 1060 g/mol.